The van der Waals surface area contributed by atoms with Gasteiger partial charge in [-0.25, -0.2) is 0 Å². The predicted octanol–water partition coefficient (Wildman–Crippen LogP) is 4.97. The molecule has 1 aromatic rings. The molecule has 0 aromatic heterocycles. The molecule has 1 aromatic carbocycles. The summed E-state index contributed by atoms with van der Waals surface area (Å²) in [6, 6.07) is 5.71. The highest BCUT2D eigenvalue weighted by Gasteiger charge is 2.12. The Labute approximate surface area is 117 Å². The molecular formula is C17H28O2. The van der Waals surface area contributed by atoms with Crippen LogP contribution in [0.1, 0.15) is 58.9 Å². The van der Waals surface area contributed by atoms with E-state index in [1.165, 1.54) is 6.42 Å². The number of rotatable bonds is 7. The second-order valence-electron chi connectivity index (χ2n) is 5.93. The van der Waals surface area contributed by atoms with Crippen molar-refractivity contribution in [3.63, 3.8) is 0 Å². The molecule has 1 unspecified atom stereocenters. The average Bonchev–Trinajstić information content (AvgIpc) is 2.35. The van der Waals surface area contributed by atoms with Gasteiger partial charge in [0.25, 0.3) is 0 Å². The van der Waals surface area contributed by atoms with Gasteiger partial charge in [0.1, 0.15) is 0 Å². The van der Waals surface area contributed by atoms with E-state index in [4.69, 9.17) is 4.74 Å². The third-order valence-electron chi connectivity index (χ3n) is 3.86. The maximum atomic E-state index is 9.95. The maximum absolute atomic E-state index is 9.95. The summed E-state index contributed by atoms with van der Waals surface area (Å²) >= 11 is 0. The van der Waals surface area contributed by atoms with Crippen LogP contribution < -0.4 is 4.74 Å². The molecule has 0 fully saturated rings. The van der Waals surface area contributed by atoms with Gasteiger partial charge in [0.05, 0.1) is 6.61 Å². The molecule has 1 rings (SSSR count). The lowest BCUT2D eigenvalue weighted by Gasteiger charge is -2.19. The molecule has 1 N–H and O–H groups in total. The molecule has 2 nitrogen and oxygen atoms in total. The number of hydrogen-bond donors (Lipinski definition) is 1. The first-order chi connectivity index (χ1) is 8.95. The lowest BCUT2D eigenvalue weighted by atomic mass is 9.91. The minimum atomic E-state index is 0.254. The van der Waals surface area contributed by atoms with Crippen LogP contribution in [0.5, 0.6) is 11.5 Å². The number of hydrogen-bond acceptors (Lipinski definition) is 2. The minimum absolute atomic E-state index is 0.254. The van der Waals surface area contributed by atoms with E-state index in [-0.39, 0.29) is 5.75 Å². The maximum Gasteiger partial charge on any atom is 0.160 e. The molecule has 0 saturated carbocycles. The van der Waals surface area contributed by atoms with Crippen LogP contribution in [0.2, 0.25) is 0 Å². The standard InChI is InChI=1S/C17H28O2/c1-6-14(12(2)3)9-10-19-17-8-7-15(13(4)5)11-16(17)18/h7-8,11-14,18H,6,9-10H2,1-5H3. The van der Waals surface area contributed by atoms with Gasteiger partial charge in [-0.1, -0.05) is 47.1 Å². The van der Waals surface area contributed by atoms with Crippen LogP contribution in [0.15, 0.2) is 18.2 Å². The molecule has 0 aliphatic rings. The van der Waals surface area contributed by atoms with Crippen LogP contribution in [0.4, 0.5) is 0 Å². The molecule has 108 valence electrons. The summed E-state index contributed by atoms with van der Waals surface area (Å²) in [5.74, 6) is 2.65. The van der Waals surface area contributed by atoms with E-state index in [0.717, 1.165) is 12.0 Å². The largest absolute Gasteiger partial charge is 0.504 e. The molecule has 2 heteroatoms. The summed E-state index contributed by atoms with van der Waals surface area (Å²) < 4.78 is 5.70. The van der Waals surface area contributed by atoms with Gasteiger partial charge in [0.2, 0.25) is 0 Å². The smallest absolute Gasteiger partial charge is 0.160 e. The summed E-state index contributed by atoms with van der Waals surface area (Å²) in [7, 11) is 0. The topological polar surface area (TPSA) is 29.5 Å². The first kappa shape index (κ1) is 15.9. The molecule has 0 aliphatic heterocycles. The Morgan fingerprint density at radius 1 is 1.16 bits per heavy atom. The Kier molecular flexibility index (Phi) is 6.20. The number of benzene rings is 1. The quantitative estimate of drug-likeness (QED) is 0.753. The van der Waals surface area contributed by atoms with Gasteiger partial charge in [-0.3, -0.25) is 0 Å². The van der Waals surface area contributed by atoms with E-state index in [0.29, 0.717) is 30.1 Å². The number of phenolic OH excluding ortho intramolecular Hbond substituents is 1. The van der Waals surface area contributed by atoms with Crippen LogP contribution in [-0.2, 0) is 0 Å². The molecule has 0 heterocycles. The van der Waals surface area contributed by atoms with Gasteiger partial charge in [-0.05, 0) is 41.9 Å². The van der Waals surface area contributed by atoms with E-state index in [1.807, 2.05) is 12.1 Å². The van der Waals surface area contributed by atoms with Crippen LogP contribution in [0, 0.1) is 11.8 Å². The van der Waals surface area contributed by atoms with E-state index in [2.05, 4.69) is 34.6 Å². The Balaban J connectivity index is 2.54. The molecule has 0 aliphatic carbocycles. The van der Waals surface area contributed by atoms with Gasteiger partial charge in [-0.2, -0.15) is 0 Å². The van der Waals surface area contributed by atoms with Gasteiger partial charge >= 0.3 is 0 Å². The van der Waals surface area contributed by atoms with Crippen LogP contribution in [0.3, 0.4) is 0 Å². The normalized spacial score (nSPS) is 13.0. The average molecular weight is 264 g/mol. The second-order valence-corrected chi connectivity index (χ2v) is 5.93. The third-order valence-corrected chi connectivity index (χ3v) is 3.86. The molecule has 0 saturated heterocycles. The fourth-order valence-electron chi connectivity index (χ4n) is 2.34. The van der Waals surface area contributed by atoms with E-state index < -0.39 is 0 Å². The first-order valence-electron chi connectivity index (χ1n) is 7.41. The highest BCUT2D eigenvalue weighted by molar-refractivity contribution is 5.42. The van der Waals surface area contributed by atoms with Crippen molar-refractivity contribution in [2.75, 3.05) is 6.61 Å². The first-order valence-corrected chi connectivity index (χ1v) is 7.41. The predicted molar refractivity (Wildman–Crippen MR) is 80.9 cm³/mol. The van der Waals surface area contributed by atoms with Crippen LogP contribution in [0.25, 0.3) is 0 Å². The fraction of sp³-hybridized carbons (Fsp3) is 0.647. The highest BCUT2D eigenvalue weighted by Crippen LogP contribution is 2.30. The molecule has 0 amide bonds. The Bertz CT molecular complexity index is 383. The third kappa shape index (κ3) is 4.77. The Morgan fingerprint density at radius 3 is 2.32 bits per heavy atom. The van der Waals surface area contributed by atoms with Gasteiger partial charge in [-0.15, -0.1) is 0 Å². The van der Waals surface area contributed by atoms with Crippen molar-refractivity contribution in [2.45, 2.75) is 53.4 Å². The summed E-state index contributed by atoms with van der Waals surface area (Å²) in [4.78, 5) is 0. The molecule has 0 radical (unpaired) electrons. The lowest BCUT2D eigenvalue weighted by molar-refractivity contribution is 0.237. The zero-order valence-electron chi connectivity index (χ0n) is 12.9. The zero-order valence-corrected chi connectivity index (χ0v) is 12.9. The molecular weight excluding hydrogens is 236 g/mol. The molecule has 0 spiro atoms. The van der Waals surface area contributed by atoms with Crippen molar-refractivity contribution in [3.05, 3.63) is 23.8 Å². The number of phenols is 1. The summed E-state index contributed by atoms with van der Waals surface area (Å²) in [5, 5.41) is 9.95. The SMILES string of the molecule is CCC(CCOc1ccc(C(C)C)cc1O)C(C)C. The highest BCUT2D eigenvalue weighted by atomic mass is 16.5. The van der Waals surface area contributed by atoms with Crippen LogP contribution in [-0.4, -0.2) is 11.7 Å². The summed E-state index contributed by atoms with van der Waals surface area (Å²) in [6.45, 7) is 11.6. The van der Waals surface area contributed by atoms with Crippen molar-refractivity contribution in [1.82, 2.24) is 0 Å². The lowest BCUT2D eigenvalue weighted by Crippen LogP contribution is -2.12. The van der Waals surface area contributed by atoms with E-state index in [9.17, 15) is 5.11 Å². The summed E-state index contributed by atoms with van der Waals surface area (Å²) in [5.41, 5.74) is 1.14. The number of aromatic hydroxyl groups is 1. The van der Waals surface area contributed by atoms with E-state index >= 15 is 0 Å². The Hall–Kier alpha value is -1.18. The van der Waals surface area contributed by atoms with Crippen molar-refractivity contribution in [2.24, 2.45) is 11.8 Å². The molecule has 1 atom stereocenters. The monoisotopic (exact) mass is 264 g/mol. The number of ether oxygens (including phenoxy) is 1. The second kappa shape index (κ2) is 7.42. The van der Waals surface area contributed by atoms with Crippen molar-refractivity contribution in [3.8, 4) is 11.5 Å². The minimum Gasteiger partial charge on any atom is -0.504 e. The summed E-state index contributed by atoms with van der Waals surface area (Å²) in [6.07, 6.45) is 2.22. The zero-order chi connectivity index (χ0) is 14.4. The fourth-order valence-corrected chi connectivity index (χ4v) is 2.34. The van der Waals surface area contributed by atoms with Gasteiger partial charge in [0.15, 0.2) is 11.5 Å². The molecule has 19 heavy (non-hydrogen) atoms. The van der Waals surface area contributed by atoms with E-state index in [1.54, 1.807) is 6.07 Å². The van der Waals surface area contributed by atoms with Crippen molar-refractivity contribution < 1.29 is 9.84 Å². The van der Waals surface area contributed by atoms with Gasteiger partial charge < -0.3 is 9.84 Å². The molecule has 0 bridgehead atoms. The van der Waals surface area contributed by atoms with Crippen LogP contribution >= 0.6 is 0 Å². The Morgan fingerprint density at radius 2 is 1.84 bits per heavy atom. The van der Waals surface area contributed by atoms with Crippen molar-refractivity contribution in [1.29, 1.82) is 0 Å². The van der Waals surface area contributed by atoms with Crippen molar-refractivity contribution >= 4 is 0 Å². The van der Waals surface area contributed by atoms with Gasteiger partial charge in [0, 0.05) is 0 Å².